The molecule has 3 N–H and O–H groups in total. The Kier molecular flexibility index (Phi) is 7.67. The van der Waals surface area contributed by atoms with Gasteiger partial charge in [-0.2, -0.15) is 0 Å². The summed E-state index contributed by atoms with van der Waals surface area (Å²) < 4.78 is 0. The van der Waals surface area contributed by atoms with Crippen LogP contribution in [0.2, 0.25) is 0 Å². The Morgan fingerprint density at radius 3 is 2.41 bits per heavy atom. The summed E-state index contributed by atoms with van der Waals surface area (Å²) in [6.45, 7) is 2.15. The van der Waals surface area contributed by atoms with Gasteiger partial charge in [0.15, 0.2) is 0 Å². The van der Waals surface area contributed by atoms with E-state index < -0.39 is 11.9 Å². The molecule has 1 aliphatic carbocycles. The molecule has 0 atom stereocenters. The van der Waals surface area contributed by atoms with Crippen molar-refractivity contribution in [2.45, 2.75) is 44.9 Å². The minimum atomic E-state index is -0.472. The lowest BCUT2D eigenvalue weighted by molar-refractivity contribution is -0.118. The number of urea groups is 1. The average Bonchev–Trinajstić information content (AvgIpc) is 3.28. The first-order valence-corrected chi connectivity index (χ1v) is 10.5. The first kappa shape index (κ1) is 20.9. The fourth-order valence-corrected chi connectivity index (χ4v) is 3.70. The second-order valence-corrected chi connectivity index (χ2v) is 7.59. The molecule has 0 bridgehead atoms. The number of likely N-dealkylation sites (tertiary alicyclic amines) is 1. The van der Waals surface area contributed by atoms with Gasteiger partial charge in [-0.05, 0) is 69.2 Å². The number of carbonyl (C=O) groups is 3. The van der Waals surface area contributed by atoms with Gasteiger partial charge in [0.05, 0.1) is 6.54 Å². The second kappa shape index (κ2) is 10.6. The largest absolute Gasteiger partial charge is 0.376 e. The summed E-state index contributed by atoms with van der Waals surface area (Å²) in [5.41, 5.74) is 2.76. The molecule has 0 spiro atoms. The molecule has 7 nitrogen and oxygen atoms in total. The normalized spacial score (nSPS) is 16.1. The third-order valence-corrected chi connectivity index (χ3v) is 5.35. The monoisotopic (exact) mass is 398 g/mol. The van der Waals surface area contributed by atoms with Crippen LogP contribution < -0.4 is 16.0 Å². The zero-order chi connectivity index (χ0) is 20.5. The molecule has 7 heteroatoms. The molecular formula is C22H30N4O3. The van der Waals surface area contributed by atoms with Crippen LogP contribution in [-0.4, -0.2) is 48.9 Å². The number of hydrogen-bond acceptors (Lipinski definition) is 4. The predicted octanol–water partition coefficient (Wildman–Crippen LogP) is 3.05. The first-order valence-electron chi connectivity index (χ1n) is 10.5. The summed E-state index contributed by atoms with van der Waals surface area (Å²) in [6.07, 6.45) is 9.90. The van der Waals surface area contributed by atoms with E-state index in [1.807, 2.05) is 4.90 Å². The van der Waals surface area contributed by atoms with E-state index >= 15 is 0 Å². The number of rotatable bonds is 7. The number of nitrogens with zero attached hydrogens (tertiary/aromatic N) is 1. The number of nitrogens with one attached hydrogen (secondary N) is 3. The Bertz CT molecular complexity index is 752. The van der Waals surface area contributed by atoms with Gasteiger partial charge in [-0.15, -0.1) is 0 Å². The molecular weight excluding hydrogens is 368 g/mol. The summed E-state index contributed by atoms with van der Waals surface area (Å²) in [5, 5.41) is 8.01. The average molecular weight is 399 g/mol. The zero-order valence-electron chi connectivity index (χ0n) is 16.8. The first-order chi connectivity index (χ1) is 14.1. The van der Waals surface area contributed by atoms with Crippen molar-refractivity contribution in [2.75, 3.05) is 31.5 Å². The fraction of sp³-hybridized carbons (Fsp3) is 0.500. The Morgan fingerprint density at radius 1 is 0.966 bits per heavy atom. The van der Waals surface area contributed by atoms with Gasteiger partial charge in [0, 0.05) is 30.9 Å². The van der Waals surface area contributed by atoms with Gasteiger partial charge in [-0.3, -0.25) is 14.9 Å². The van der Waals surface area contributed by atoms with Crippen molar-refractivity contribution in [2.24, 2.45) is 0 Å². The van der Waals surface area contributed by atoms with Crippen molar-refractivity contribution in [3.63, 3.8) is 0 Å². The highest BCUT2D eigenvalue weighted by molar-refractivity contribution is 5.96. The van der Waals surface area contributed by atoms with Crippen LogP contribution in [0.25, 0.3) is 0 Å². The minimum Gasteiger partial charge on any atom is -0.376 e. The lowest BCUT2D eigenvalue weighted by Gasteiger charge is -2.15. The molecule has 1 heterocycles. The van der Waals surface area contributed by atoms with Crippen LogP contribution in [0, 0.1) is 0 Å². The van der Waals surface area contributed by atoms with E-state index in [9.17, 15) is 14.4 Å². The van der Waals surface area contributed by atoms with Crippen LogP contribution >= 0.6 is 0 Å². The van der Waals surface area contributed by atoms with E-state index in [0.29, 0.717) is 12.1 Å². The Labute approximate surface area is 171 Å². The maximum absolute atomic E-state index is 12.3. The number of imide groups is 1. The molecule has 156 valence electrons. The summed E-state index contributed by atoms with van der Waals surface area (Å²) >= 11 is 0. The third-order valence-electron chi connectivity index (χ3n) is 5.35. The van der Waals surface area contributed by atoms with Crippen LogP contribution in [0.1, 0.15) is 55.3 Å². The van der Waals surface area contributed by atoms with E-state index in [4.69, 9.17) is 0 Å². The van der Waals surface area contributed by atoms with Crippen LogP contribution in [0.4, 0.5) is 10.5 Å². The molecule has 29 heavy (non-hydrogen) atoms. The van der Waals surface area contributed by atoms with Crippen molar-refractivity contribution in [1.29, 1.82) is 0 Å². The van der Waals surface area contributed by atoms with Crippen LogP contribution in [-0.2, 0) is 4.79 Å². The Morgan fingerprint density at radius 2 is 1.72 bits per heavy atom. The molecule has 1 aromatic rings. The van der Waals surface area contributed by atoms with Crippen LogP contribution in [0.15, 0.2) is 35.9 Å². The van der Waals surface area contributed by atoms with Crippen molar-refractivity contribution in [3.05, 3.63) is 41.5 Å². The van der Waals surface area contributed by atoms with E-state index in [1.165, 1.54) is 18.4 Å². The maximum Gasteiger partial charge on any atom is 0.321 e. The fourth-order valence-electron chi connectivity index (χ4n) is 3.70. The highest BCUT2D eigenvalue weighted by Crippen LogP contribution is 2.19. The smallest absolute Gasteiger partial charge is 0.321 e. The number of amides is 4. The van der Waals surface area contributed by atoms with Crippen LogP contribution in [0.5, 0.6) is 0 Å². The number of allylic oxidation sites excluding steroid dienone is 1. The highest BCUT2D eigenvalue weighted by Gasteiger charge is 2.19. The van der Waals surface area contributed by atoms with Crippen LogP contribution in [0.3, 0.4) is 0 Å². The van der Waals surface area contributed by atoms with Gasteiger partial charge < -0.3 is 15.5 Å². The second-order valence-electron chi connectivity index (χ2n) is 7.59. The zero-order valence-corrected chi connectivity index (χ0v) is 16.8. The number of benzene rings is 1. The van der Waals surface area contributed by atoms with Crippen molar-refractivity contribution >= 4 is 23.5 Å². The lowest BCUT2D eigenvalue weighted by Crippen LogP contribution is -2.42. The van der Waals surface area contributed by atoms with E-state index in [-0.39, 0.29) is 12.5 Å². The van der Waals surface area contributed by atoms with Crippen molar-refractivity contribution in [3.8, 4) is 0 Å². The molecule has 2 aliphatic rings. The molecule has 1 aromatic carbocycles. The molecule has 3 rings (SSSR count). The molecule has 0 unspecified atom stereocenters. The number of carbonyl (C=O) groups excluding carboxylic acids is 3. The van der Waals surface area contributed by atoms with Crippen molar-refractivity contribution < 1.29 is 14.4 Å². The quantitative estimate of drug-likeness (QED) is 0.616. The molecule has 4 amide bonds. The standard InChI is InChI=1S/C22H30N4O3/c27-20(25-22(29)23-13-12-17-6-2-1-3-7-17)16-24-19-10-8-18(9-11-19)21(28)26-14-4-5-15-26/h6,8-11,24H,1-5,7,12-16H2,(H2,23,25,27,29). The van der Waals surface area contributed by atoms with Crippen molar-refractivity contribution in [1.82, 2.24) is 15.5 Å². The summed E-state index contributed by atoms with van der Waals surface area (Å²) in [5.74, 6) is -0.357. The van der Waals surface area contributed by atoms with E-state index in [0.717, 1.165) is 50.9 Å². The van der Waals surface area contributed by atoms with Gasteiger partial charge in [0.25, 0.3) is 5.91 Å². The predicted molar refractivity (Wildman–Crippen MR) is 113 cm³/mol. The SMILES string of the molecule is O=C(CNc1ccc(C(=O)N2CCCC2)cc1)NC(=O)NCCC1=CCCCC1. The van der Waals surface area contributed by atoms with Gasteiger partial charge in [-0.1, -0.05) is 11.6 Å². The third kappa shape index (κ3) is 6.62. The summed E-state index contributed by atoms with van der Waals surface area (Å²) in [4.78, 5) is 37.9. The molecule has 1 aliphatic heterocycles. The topological polar surface area (TPSA) is 90.5 Å². The molecule has 0 aromatic heterocycles. The van der Waals surface area contributed by atoms with Gasteiger partial charge >= 0.3 is 6.03 Å². The highest BCUT2D eigenvalue weighted by atomic mass is 16.2. The summed E-state index contributed by atoms with van der Waals surface area (Å²) in [7, 11) is 0. The molecule has 1 saturated heterocycles. The molecule has 0 saturated carbocycles. The van der Waals surface area contributed by atoms with E-state index in [2.05, 4.69) is 22.0 Å². The molecule has 0 radical (unpaired) electrons. The molecule has 1 fully saturated rings. The minimum absolute atomic E-state index is 0.0159. The maximum atomic E-state index is 12.3. The number of anilines is 1. The van der Waals surface area contributed by atoms with Gasteiger partial charge in [-0.25, -0.2) is 4.79 Å². The Balaban J connectivity index is 1.34. The van der Waals surface area contributed by atoms with Gasteiger partial charge in [0.1, 0.15) is 0 Å². The van der Waals surface area contributed by atoms with E-state index in [1.54, 1.807) is 24.3 Å². The summed E-state index contributed by atoms with van der Waals surface area (Å²) in [6, 6.07) is 6.59. The van der Waals surface area contributed by atoms with Gasteiger partial charge in [0.2, 0.25) is 5.91 Å². The lowest BCUT2D eigenvalue weighted by atomic mass is 9.97. The number of hydrogen-bond donors (Lipinski definition) is 3. The Hall–Kier alpha value is -2.83.